The lowest BCUT2D eigenvalue weighted by molar-refractivity contribution is -0.122. The number of morpholine rings is 1. The van der Waals surface area contributed by atoms with Gasteiger partial charge in [-0.2, -0.15) is 0 Å². The van der Waals surface area contributed by atoms with E-state index in [-0.39, 0.29) is 17.0 Å². The average Bonchev–Trinajstić information content (AvgIpc) is 3.14. The molecule has 0 aromatic carbocycles. The first-order valence-corrected chi connectivity index (χ1v) is 9.93. The zero-order valence-electron chi connectivity index (χ0n) is 17.6. The minimum atomic E-state index is -0.407. The molecule has 1 fully saturated rings. The summed E-state index contributed by atoms with van der Waals surface area (Å²) in [5, 5.41) is 3.02. The predicted octanol–water partition coefficient (Wildman–Crippen LogP) is -0.559. The number of rotatable bonds is 7. The Morgan fingerprint density at radius 3 is 2.59 bits per heavy atom. The fourth-order valence-electron chi connectivity index (χ4n) is 3.66. The van der Waals surface area contributed by atoms with E-state index in [1.165, 1.54) is 11.6 Å². The van der Waals surface area contributed by atoms with Crippen LogP contribution in [0.5, 0.6) is 0 Å². The van der Waals surface area contributed by atoms with Crippen molar-refractivity contribution in [1.82, 2.24) is 28.9 Å². The van der Waals surface area contributed by atoms with E-state index in [4.69, 9.17) is 4.74 Å². The molecule has 3 heterocycles. The second-order valence-electron chi connectivity index (χ2n) is 8.11. The molecule has 0 atom stereocenters. The van der Waals surface area contributed by atoms with Crippen LogP contribution < -0.4 is 16.6 Å². The van der Waals surface area contributed by atoms with Gasteiger partial charge in [0.15, 0.2) is 11.2 Å². The molecule has 0 spiro atoms. The van der Waals surface area contributed by atoms with E-state index in [1.54, 1.807) is 17.9 Å². The summed E-state index contributed by atoms with van der Waals surface area (Å²) in [6.45, 7) is 8.48. The van der Waals surface area contributed by atoms with Gasteiger partial charge in [-0.15, -0.1) is 0 Å². The van der Waals surface area contributed by atoms with Gasteiger partial charge in [0.2, 0.25) is 5.91 Å². The van der Waals surface area contributed by atoms with Crippen LogP contribution >= 0.6 is 0 Å². The summed E-state index contributed by atoms with van der Waals surface area (Å²) in [7, 11) is 3.04. The van der Waals surface area contributed by atoms with Gasteiger partial charge in [-0.3, -0.25) is 23.6 Å². The van der Waals surface area contributed by atoms with Crippen molar-refractivity contribution in [2.24, 2.45) is 14.1 Å². The number of amides is 1. The quantitative estimate of drug-likeness (QED) is 0.661. The Hall–Kier alpha value is -2.46. The van der Waals surface area contributed by atoms with Gasteiger partial charge in [-0.1, -0.05) is 0 Å². The number of imidazole rings is 1. The van der Waals surface area contributed by atoms with E-state index >= 15 is 0 Å². The van der Waals surface area contributed by atoms with Crippen molar-refractivity contribution in [3.05, 3.63) is 27.2 Å². The maximum atomic E-state index is 12.4. The lowest BCUT2D eigenvalue weighted by atomic mass is 10.0. The molecule has 160 valence electrons. The van der Waals surface area contributed by atoms with Crippen LogP contribution in [0.15, 0.2) is 15.9 Å². The molecule has 0 aliphatic carbocycles. The highest BCUT2D eigenvalue weighted by Gasteiger charge is 2.28. The Morgan fingerprint density at radius 1 is 1.21 bits per heavy atom. The van der Waals surface area contributed by atoms with Crippen LogP contribution in [0, 0.1) is 0 Å². The van der Waals surface area contributed by atoms with Gasteiger partial charge in [0.25, 0.3) is 5.56 Å². The topological polar surface area (TPSA) is 103 Å². The van der Waals surface area contributed by atoms with Gasteiger partial charge in [0.05, 0.1) is 19.5 Å². The number of aromatic nitrogens is 4. The van der Waals surface area contributed by atoms with Crippen molar-refractivity contribution in [3.63, 3.8) is 0 Å². The number of hydrogen-bond donors (Lipinski definition) is 1. The Kier molecular flexibility index (Phi) is 6.23. The van der Waals surface area contributed by atoms with E-state index in [1.807, 2.05) is 0 Å². The molecular weight excluding hydrogens is 376 g/mol. The zero-order valence-corrected chi connectivity index (χ0v) is 17.6. The van der Waals surface area contributed by atoms with Crippen LogP contribution in [0.25, 0.3) is 11.2 Å². The van der Waals surface area contributed by atoms with Crippen molar-refractivity contribution in [3.8, 4) is 0 Å². The third kappa shape index (κ3) is 4.43. The first-order valence-electron chi connectivity index (χ1n) is 9.93. The number of fused-ring (bicyclic) bond motifs is 1. The molecule has 0 bridgehead atoms. The second-order valence-corrected chi connectivity index (χ2v) is 8.11. The van der Waals surface area contributed by atoms with Crippen LogP contribution in [-0.2, 0) is 30.2 Å². The number of hydrogen-bond acceptors (Lipinski definition) is 6. The van der Waals surface area contributed by atoms with Gasteiger partial charge < -0.3 is 14.6 Å². The van der Waals surface area contributed by atoms with Crippen molar-refractivity contribution in [2.45, 2.75) is 38.8 Å². The lowest BCUT2D eigenvalue weighted by Gasteiger charge is -2.40. The molecule has 1 N–H and O–H groups in total. The van der Waals surface area contributed by atoms with E-state index in [9.17, 15) is 14.4 Å². The molecule has 1 aliphatic heterocycles. The van der Waals surface area contributed by atoms with E-state index in [2.05, 4.69) is 29.0 Å². The number of carbonyl (C=O) groups is 1. The normalized spacial score (nSPS) is 15.7. The van der Waals surface area contributed by atoms with Crippen molar-refractivity contribution < 1.29 is 9.53 Å². The number of ether oxygens (including phenoxy) is 1. The molecule has 0 radical (unpaired) electrons. The molecule has 1 aliphatic rings. The Bertz CT molecular complexity index is 997. The number of nitrogens with one attached hydrogen (secondary N) is 1. The number of aryl methyl sites for hydroxylation is 2. The van der Waals surface area contributed by atoms with Crippen molar-refractivity contribution in [1.29, 1.82) is 0 Å². The molecule has 10 heteroatoms. The number of carbonyl (C=O) groups excluding carboxylic acids is 1. The van der Waals surface area contributed by atoms with E-state index in [0.717, 1.165) is 30.9 Å². The van der Waals surface area contributed by atoms with Crippen LogP contribution in [0.3, 0.4) is 0 Å². The molecular formula is C19H30N6O4. The predicted molar refractivity (Wildman–Crippen MR) is 109 cm³/mol. The maximum Gasteiger partial charge on any atom is 0.332 e. The minimum Gasteiger partial charge on any atom is -0.379 e. The molecule has 1 amide bonds. The van der Waals surface area contributed by atoms with Crippen LogP contribution in [0.1, 0.15) is 26.7 Å². The van der Waals surface area contributed by atoms with Gasteiger partial charge in [0, 0.05) is 52.2 Å². The molecule has 2 aromatic heterocycles. The summed E-state index contributed by atoms with van der Waals surface area (Å²) in [4.78, 5) is 43.3. The standard InChI is InChI=1S/C19H30N6O4/c1-19(2,25-8-10-29-11-9-25)12-20-14(26)6-5-7-24-13-21-16-15(24)17(27)23(4)18(28)22(16)3/h13H,5-12H2,1-4H3,(H,20,26). The Balaban J connectivity index is 1.56. The SMILES string of the molecule is Cn1c(=O)c2c(ncn2CCCC(=O)NCC(C)(C)N2CCOCC2)n(C)c1=O. The van der Waals surface area contributed by atoms with E-state index in [0.29, 0.717) is 37.1 Å². The Morgan fingerprint density at radius 2 is 1.90 bits per heavy atom. The fourth-order valence-corrected chi connectivity index (χ4v) is 3.66. The third-order valence-electron chi connectivity index (χ3n) is 5.61. The maximum absolute atomic E-state index is 12.4. The van der Waals surface area contributed by atoms with Gasteiger partial charge in [-0.05, 0) is 20.3 Å². The van der Waals surface area contributed by atoms with Gasteiger partial charge in [-0.25, -0.2) is 9.78 Å². The summed E-state index contributed by atoms with van der Waals surface area (Å²) in [6, 6.07) is 0. The second kappa shape index (κ2) is 8.50. The fraction of sp³-hybridized carbons (Fsp3) is 0.684. The summed E-state index contributed by atoms with van der Waals surface area (Å²) >= 11 is 0. The zero-order chi connectivity index (χ0) is 21.2. The van der Waals surface area contributed by atoms with Crippen LogP contribution in [-0.4, -0.2) is 67.9 Å². The third-order valence-corrected chi connectivity index (χ3v) is 5.61. The molecule has 3 rings (SSSR count). The summed E-state index contributed by atoms with van der Waals surface area (Å²) in [5.74, 6) is -0.0175. The summed E-state index contributed by atoms with van der Waals surface area (Å²) in [5.41, 5.74) is -0.178. The highest BCUT2D eigenvalue weighted by Crippen LogP contribution is 2.15. The molecule has 29 heavy (non-hydrogen) atoms. The highest BCUT2D eigenvalue weighted by molar-refractivity contribution is 5.76. The molecule has 10 nitrogen and oxygen atoms in total. The van der Waals surface area contributed by atoms with Crippen LogP contribution in [0.4, 0.5) is 0 Å². The smallest absolute Gasteiger partial charge is 0.332 e. The van der Waals surface area contributed by atoms with Crippen molar-refractivity contribution >= 4 is 17.1 Å². The molecule has 0 unspecified atom stereocenters. The van der Waals surface area contributed by atoms with Crippen molar-refractivity contribution in [2.75, 3.05) is 32.8 Å². The number of nitrogens with zero attached hydrogens (tertiary/aromatic N) is 5. The monoisotopic (exact) mass is 406 g/mol. The first-order chi connectivity index (χ1) is 13.7. The van der Waals surface area contributed by atoms with Gasteiger partial charge >= 0.3 is 5.69 Å². The summed E-state index contributed by atoms with van der Waals surface area (Å²) < 4.78 is 9.53. The highest BCUT2D eigenvalue weighted by atomic mass is 16.5. The average molecular weight is 406 g/mol. The first kappa shape index (κ1) is 21.3. The Labute approximate surface area is 169 Å². The minimum absolute atomic E-state index is 0.0175. The molecule has 2 aromatic rings. The molecule has 1 saturated heterocycles. The summed E-state index contributed by atoms with van der Waals surface area (Å²) in [6.07, 6.45) is 2.47. The lowest BCUT2D eigenvalue weighted by Crippen LogP contribution is -2.55. The largest absolute Gasteiger partial charge is 0.379 e. The van der Waals surface area contributed by atoms with Gasteiger partial charge in [0.1, 0.15) is 0 Å². The van der Waals surface area contributed by atoms with E-state index < -0.39 is 5.69 Å². The van der Waals surface area contributed by atoms with Crippen LogP contribution in [0.2, 0.25) is 0 Å². The molecule has 0 saturated carbocycles.